The molecule has 0 spiro atoms. The summed E-state index contributed by atoms with van der Waals surface area (Å²) in [5.74, 6) is -0.536. The standard InChI is InChI=1S/C18H20FN3O/c1-21(13-15-6-2-3-9-20-15)18(23)14-7-8-17(16(19)12-14)22-10-4-5-11-22/h2-3,6-9,12H,4-5,10-11,13H2,1H3. The topological polar surface area (TPSA) is 36.4 Å². The number of benzene rings is 1. The molecule has 1 fully saturated rings. The third-order valence-corrected chi connectivity index (χ3v) is 4.11. The molecule has 0 bridgehead atoms. The smallest absolute Gasteiger partial charge is 0.254 e. The summed E-state index contributed by atoms with van der Waals surface area (Å²) >= 11 is 0. The van der Waals surface area contributed by atoms with Gasteiger partial charge in [-0.15, -0.1) is 0 Å². The average molecular weight is 313 g/mol. The van der Waals surface area contributed by atoms with Crippen LogP contribution in [-0.4, -0.2) is 35.9 Å². The van der Waals surface area contributed by atoms with Crippen molar-refractivity contribution >= 4 is 11.6 Å². The number of amides is 1. The van der Waals surface area contributed by atoms with Gasteiger partial charge in [0.25, 0.3) is 5.91 Å². The number of carbonyl (C=O) groups excluding carboxylic acids is 1. The maximum Gasteiger partial charge on any atom is 0.254 e. The first kappa shape index (κ1) is 15.5. The predicted octanol–water partition coefficient (Wildman–Crippen LogP) is 3.09. The summed E-state index contributed by atoms with van der Waals surface area (Å²) in [5.41, 5.74) is 1.76. The first-order chi connectivity index (χ1) is 11.1. The van der Waals surface area contributed by atoms with Crippen molar-refractivity contribution in [3.63, 3.8) is 0 Å². The van der Waals surface area contributed by atoms with Crippen molar-refractivity contribution in [1.82, 2.24) is 9.88 Å². The Bertz CT molecular complexity index is 684. The summed E-state index contributed by atoms with van der Waals surface area (Å²) in [6.07, 6.45) is 3.87. The number of aromatic nitrogens is 1. The molecular formula is C18H20FN3O. The third kappa shape index (κ3) is 3.50. The van der Waals surface area contributed by atoms with Gasteiger partial charge in [0.15, 0.2) is 0 Å². The van der Waals surface area contributed by atoms with E-state index in [2.05, 4.69) is 4.98 Å². The van der Waals surface area contributed by atoms with Gasteiger partial charge in [0.05, 0.1) is 17.9 Å². The van der Waals surface area contributed by atoms with Crippen molar-refractivity contribution in [3.05, 3.63) is 59.7 Å². The Morgan fingerprint density at radius 1 is 1.26 bits per heavy atom. The minimum atomic E-state index is -0.330. The molecular weight excluding hydrogens is 293 g/mol. The van der Waals surface area contributed by atoms with Crippen LogP contribution in [-0.2, 0) is 6.54 Å². The minimum Gasteiger partial charge on any atom is -0.369 e. The molecule has 0 unspecified atom stereocenters. The van der Waals surface area contributed by atoms with E-state index < -0.39 is 0 Å². The number of rotatable bonds is 4. The highest BCUT2D eigenvalue weighted by Crippen LogP contribution is 2.24. The number of hydrogen-bond acceptors (Lipinski definition) is 3. The molecule has 0 saturated carbocycles. The van der Waals surface area contributed by atoms with Gasteiger partial charge in [-0.1, -0.05) is 6.07 Å². The molecule has 1 amide bonds. The minimum absolute atomic E-state index is 0.206. The Morgan fingerprint density at radius 3 is 2.70 bits per heavy atom. The van der Waals surface area contributed by atoms with Crippen LogP contribution >= 0.6 is 0 Å². The Morgan fingerprint density at radius 2 is 2.04 bits per heavy atom. The summed E-state index contributed by atoms with van der Waals surface area (Å²) in [7, 11) is 1.70. The van der Waals surface area contributed by atoms with E-state index in [0.29, 0.717) is 17.8 Å². The number of halogens is 1. The number of hydrogen-bond donors (Lipinski definition) is 0. The molecule has 1 saturated heterocycles. The van der Waals surface area contributed by atoms with Crippen LogP contribution in [0.4, 0.5) is 10.1 Å². The Labute approximate surface area is 135 Å². The maximum absolute atomic E-state index is 14.3. The molecule has 4 nitrogen and oxygen atoms in total. The quantitative estimate of drug-likeness (QED) is 0.870. The zero-order valence-corrected chi connectivity index (χ0v) is 13.2. The van der Waals surface area contributed by atoms with E-state index in [0.717, 1.165) is 31.6 Å². The molecule has 5 heteroatoms. The van der Waals surface area contributed by atoms with E-state index in [-0.39, 0.29) is 11.7 Å². The van der Waals surface area contributed by atoms with Gasteiger partial charge in [0.2, 0.25) is 0 Å². The lowest BCUT2D eigenvalue weighted by Gasteiger charge is -2.20. The van der Waals surface area contributed by atoms with Gasteiger partial charge >= 0.3 is 0 Å². The van der Waals surface area contributed by atoms with Crippen LogP contribution in [0.15, 0.2) is 42.6 Å². The Hall–Kier alpha value is -2.43. The molecule has 23 heavy (non-hydrogen) atoms. The number of pyridine rings is 1. The molecule has 1 aliphatic rings. The van der Waals surface area contributed by atoms with Crippen molar-refractivity contribution in [1.29, 1.82) is 0 Å². The first-order valence-corrected chi connectivity index (χ1v) is 7.85. The van der Waals surface area contributed by atoms with Crippen LogP contribution in [0.3, 0.4) is 0 Å². The normalized spacial score (nSPS) is 14.1. The lowest BCUT2D eigenvalue weighted by Crippen LogP contribution is -2.27. The molecule has 0 aliphatic carbocycles. The zero-order chi connectivity index (χ0) is 16.2. The van der Waals surface area contributed by atoms with E-state index in [4.69, 9.17) is 0 Å². The second kappa shape index (κ2) is 6.77. The summed E-state index contributed by atoms with van der Waals surface area (Å²) in [5, 5.41) is 0. The van der Waals surface area contributed by atoms with E-state index in [9.17, 15) is 9.18 Å². The van der Waals surface area contributed by atoms with Crippen LogP contribution < -0.4 is 4.90 Å². The van der Waals surface area contributed by atoms with E-state index in [1.165, 1.54) is 6.07 Å². The molecule has 0 atom stereocenters. The van der Waals surface area contributed by atoms with E-state index >= 15 is 0 Å². The molecule has 1 aliphatic heterocycles. The van der Waals surface area contributed by atoms with Crippen molar-refractivity contribution in [2.45, 2.75) is 19.4 Å². The SMILES string of the molecule is CN(Cc1ccccn1)C(=O)c1ccc(N2CCCC2)c(F)c1. The molecule has 1 aromatic heterocycles. The number of carbonyl (C=O) groups is 1. The lowest BCUT2D eigenvalue weighted by molar-refractivity contribution is 0.0783. The van der Waals surface area contributed by atoms with Gasteiger partial charge in [0, 0.05) is 31.9 Å². The van der Waals surface area contributed by atoms with Crippen LogP contribution in [0.1, 0.15) is 28.9 Å². The number of anilines is 1. The second-order valence-corrected chi connectivity index (χ2v) is 5.84. The Kier molecular flexibility index (Phi) is 4.55. The third-order valence-electron chi connectivity index (χ3n) is 4.11. The summed E-state index contributed by atoms with van der Waals surface area (Å²) in [4.78, 5) is 20.2. The highest BCUT2D eigenvalue weighted by molar-refractivity contribution is 5.94. The van der Waals surface area contributed by atoms with Crippen molar-refractivity contribution in [2.75, 3.05) is 25.0 Å². The molecule has 2 heterocycles. The van der Waals surface area contributed by atoms with Gasteiger partial charge in [-0.2, -0.15) is 0 Å². The highest BCUT2D eigenvalue weighted by Gasteiger charge is 2.19. The monoisotopic (exact) mass is 313 g/mol. The summed E-state index contributed by atoms with van der Waals surface area (Å²) < 4.78 is 14.3. The van der Waals surface area contributed by atoms with Crippen molar-refractivity contribution in [3.8, 4) is 0 Å². The predicted molar refractivity (Wildman–Crippen MR) is 87.9 cm³/mol. The molecule has 3 rings (SSSR count). The summed E-state index contributed by atoms with van der Waals surface area (Å²) in [6, 6.07) is 10.3. The van der Waals surface area contributed by atoms with Crippen molar-refractivity contribution < 1.29 is 9.18 Å². The van der Waals surface area contributed by atoms with Gasteiger partial charge in [-0.05, 0) is 43.2 Å². The van der Waals surface area contributed by atoms with Crippen LogP contribution in [0.5, 0.6) is 0 Å². The van der Waals surface area contributed by atoms with Crippen molar-refractivity contribution in [2.24, 2.45) is 0 Å². The second-order valence-electron chi connectivity index (χ2n) is 5.84. The van der Waals surface area contributed by atoms with E-state index in [1.807, 2.05) is 23.1 Å². The molecule has 1 aromatic carbocycles. The fourth-order valence-electron chi connectivity index (χ4n) is 2.88. The maximum atomic E-state index is 14.3. The fourth-order valence-corrected chi connectivity index (χ4v) is 2.88. The van der Waals surface area contributed by atoms with Gasteiger partial charge < -0.3 is 9.80 Å². The molecule has 120 valence electrons. The highest BCUT2D eigenvalue weighted by atomic mass is 19.1. The zero-order valence-electron chi connectivity index (χ0n) is 13.2. The van der Waals surface area contributed by atoms with Gasteiger partial charge in [0.1, 0.15) is 5.82 Å². The van der Waals surface area contributed by atoms with Gasteiger partial charge in [-0.25, -0.2) is 4.39 Å². The van der Waals surface area contributed by atoms with E-state index in [1.54, 1.807) is 30.3 Å². The van der Waals surface area contributed by atoms with Crippen LogP contribution in [0.25, 0.3) is 0 Å². The molecule has 2 aromatic rings. The fraction of sp³-hybridized carbons (Fsp3) is 0.333. The van der Waals surface area contributed by atoms with Crippen LogP contribution in [0.2, 0.25) is 0 Å². The molecule has 0 N–H and O–H groups in total. The summed E-state index contributed by atoms with van der Waals surface area (Å²) in [6.45, 7) is 2.16. The van der Waals surface area contributed by atoms with Crippen LogP contribution in [0, 0.1) is 5.82 Å². The number of nitrogens with zero attached hydrogens (tertiary/aromatic N) is 3. The van der Waals surface area contributed by atoms with Gasteiger partial charge in [-0.3, -0.25) is 9.78 Å². The average Bonchev–Trinajstić information content (AvgIpc) is 3.09. The lowest BCUT2D eigenvalue weighted by atomic mass is 10.1. The largest absolute Gasteiger partial charge is 0.369 e. The Balaban J connectivity index is 1.73. The first-order valence-electron chi connectivity index (χ1n) is 7.85. The molecule has 0 radical (unpaired) electrons.